The van der Waals surface area contributed by atoms with Crippen LogP contribution in [0.2, 0.25) is 0 Å². The van der Waals surface area contributed by atoms with Crippen LogP contribution in [0.3, 0.4) is 0 Å². The van der Waals surface area contributed by atoms with Gasteiger partial charge in [0.2, 0.25) is 10.0 Å². The Bertz CT molecular complexity index is 1080. The van der Waals surface area contributed by atoms with Gasteiger partial charge in [0.05, 0.1) is 15.9 Å². The van der Waals surface area contributed by atoms with Gasteiger partial charge in [0.1, 0.15) is 0 Å². The Balaban J connectivity index is 1.80. The molecule has 0 bridgehead atoms. The zero-order valence-electron chi connectivity index (χ0n) is 15.6. The minimum Gasteiger partial charge on any atom is -0.306 e. The van der Waals surface area contributed by atoms with Crippen LogP contribution >= 0.6 is 0 Å². The minimum absolute atomic E-state index is 0.0959. The molecule has 3 N–H and O–H groups in total. The third-order valence-corrected chi connectivity index (χ3v) is 6.08. The molecule has 144 valence electrons. The number of hydrogen-bond acceptors (Lipinski definition) is 4. The first kappa shape index (κ1) is 19.3. The van der Waals surface area contributed by atoms with Crippen molar-refractivity contribution >= 4 is 21.1 Å². The maximum Gasteiger partial charge on any atom is 0.323 e. The van der Waals surface area contributed by atoms with Crippen LogP contribution in [0.25, 0.3) is 11.0 Å². The number of hydrogen-bond donors (Lipinski definition) is 3. The molecule has 0 spiro atoms. The quantitative estimate of drug-likeness (QED) is 0.577. The van der Waals surface area contributed by atoms with Gasteiger partial charge < -0.3 is 14.9 Å². The van der Waals surface area contributed by atoms with Crippen LogP contribution in [0, 0.1) is 0 Å². The van der Waals surface area contributed by atoms with Gasteiger partial charge in [-0.2, -0.15) is 0 Å². The molecule has 0 saturated heterocycles. The summed E-state index contributed by atoms with van der Waals surface area (Å²) in [5.74, 6) is 0. The first-order valence-electron chi connectivity index (χ1n) is 8.77. The molecule has 0 aliphatic carbocycles. The Kier molecular flexibility index (Phi) is 5.50. The van der Waals surface area contributed by atoms with E-state index in [0.29, 0.717) is 11.0 Å². The van der Waals surface area contributed by atoms with E-state index >= 15 is 0 Å². The van der Waals surface area contributed by atoms with E-state index in [1.165, 1.54) is 17.7 Å². The monoisotopic (exact) mass is 388 g/mol. The van der Waals surface area contributed by atoms with Crippen molar-refractivity contribution in [3.63, 3.8) is 0 Å². The van der Waals surface area contributed by atoms with Crippen molar-refractivity contribution < 1.29 is 8.42 Å². The molecule has 7 nitrogen and oxygen atoms in total. The van der Waals surface area contributed by atoms with Crippen LogP contribution in [-0.4, -0.2) is 43.9 Å². The van der Waals surface area contributed by atoms with E-state index < -0.39 is 10.0 Å². The summed E-state index contributed by atoms with van der Waals surface area (Å²) in [6, 6.07) is 12.6. The van der Waals surface area contributed by atoms with Crippen molar-refractivity contribution in [2.45, 2.75) is 24.3 Å². The van der Waals surface area contributed by atoms with Crippen molar-refractivity contribution in [3.8, 4) is 0 Å². The predicted molar refractivity (Wildman–Crippen MR) is 106 cm³/mol. The van der Waals surface area contributed by atoms with Gasteiger partial charge in [-0.15, -0.1) is 0 Å². The molecule has 1 atom stereocenters. The van der Waals surface area contributed by atoms with Crippen LogP contribution in [0.1, 0.15) is 24.1 Å². The number of aromatic amines is 2. The Morgan fingerprint density at radius 1 is 1.04 bits per heavy atom. The lowest BCUT2D eigenvalue weighted by Gasteiger charge is -2.25. The van der Waals surface area contributed by atoms with Crippen molar-refractivity contribution in [2.24, 2.45) is 0 Å². The second-order valence-electron chi connectivity index (χ2n) is 6.71. The summed E-state index contributed by atoms with van der Waals surface area (Å²) >= 11 is 0. The lowest BCUT2D eigenvalue weighted by molar-refractivity contribution is 0.299. The zero-order valence-corrected chi connectivity index (χ0v) is 16.4. The predicted octanol–water partition coefficient (Wildman–Crippen LogP) is 2.00. The average molecular weight is 388 g/mol. The number of H-pyrrole nitrogens is 2. The smallest absolute Gasteiger partial charge is 0.306 e. The van der Waals surface area contributed by atoms with Gasteiger partial charge in [-0.3, -0.25) is 0 Å². The number of rotatable bonds is 7. The number of fused-ring (bicyclic) bond motifs is 1. The van der Waals surface area contributed by atoms with E-state index in [4.69, 9.17) is 0 Å². The number of aromatic nitrogens is 2. The summed E-state index contributed by atoms with van der Waals surface area (Å²) in [4.78, 5) is 18.6. The van der Waals surface area contributed by atoms with E-state index in [0.717, 1.165) is 12.0 Å². The summed E-state index contributed by atoms with van der Waals surface area (Å²) in [6.45, 7) is 2.34. The Morgan fingerprint density at radius 3 is 2.33 bits per heavy atom. The molecule has 1 aromatic heterocycles. The van der Waals surface area contributed by atoms with E-state index in [-0.39, 0.29) is 23.2 Å². The third-order valence-electron chi connectivity index (χ3n) is 4.66. The van der Waals surface area contributed by atoms with Crippen molar-refractivity contribution in [2.75, 3.05) is 20.6 Å². The van der Waals surface area contributed by atoms with Gasteiger partial charge in [0.15, 0.2) is 0 Å². The number of nitrogens with one attached hydrogen (secondary N) is 3. The highest BCUT2D eigenvalue weighted by Crippen LogP contribution is 2.20. The highest BCUT2D eigenvalue weighted by Gasteiger charge is 2.20. The van der Waals surface area contributed by atoms with Crippen LogP contribution in [0.15, 0.2) is 52.2 Å². The Hall–Kier alpha value is -2.42. The topological polar surface area (TPSA) is 98.1 Å². The third kappa shape index (κ3) is 4.29. The van der Waals surface area contributed by atoms with Crippen LogP contribution in [0.4, 0.5) is 0 Å². The van der Waals surface area contributed by atoms with Crippen LogP contribution in [0.5, 0.6) is 0 Å². The molecule has 8 heteroatoms. The van der Waals surface area contributed by atoms with Crippen molar-refractivity contribution in [3.05, 3.63) is 64.1 Å². The average Bonchev–Trinajstić information content (AvgIpc) is 3.01. The summed E-state index contributed by atoms with van der Waals surface area (Å²) in [7, 11) is 0.135. The van der Waals surface area contributed by atoms with Crippen LogP contribution < -0.4 is 10.4 Å². The molecule has 0 amide bonds. The van der Waals surface area contributed by atoms with E-state index in [2.05, 4.69) is 33.7 Å². The summed E-state index contributed by atoms with van der Waals surface area (Å²) in [5, 5.41) is 0. The van der Waals surface area contributed by atoms with Gasteiger partial charge in [-0.1, -0.05) is 31.2 Å². The fourth-order valence-corrected chi connectivity index (χ4v) is 4.09. The van der Waals surface area contributed by atoms with Gasteiger partial charge in [0.25, 0.3) is 0 Å². The number of sulfonamides is 1. The van der Waals surface area contributed by atoms with E-state index in [9.17, 15) is 13.2 Å². The number of aryl methyl sites for hydroxylation is 1. The normalized spacial score (nSPS) is 13.3. The molecule has 27 heavy (non-hydrogen) atoms. The maximum atomic E-state index is 12.7. The zero-order chi connectivity index (χ0) is 19.6. The molecular weight excluding hydrogens is 364 g/mol. The summed E-state index contributed by atoms with van der Waals surface area (Å²) in [5.41, 5.74) is 2.95. The highest BCUT2D eigenvalue weighted by atomic mass is 32.2. The fraction of sp³-hybridized carbons (Fsp3) is 0.316. The van der Waals surface area contributed by atoms with Gasteiger partial charge >= 0.3 is 5.69 Å². The first-order valence-corrected chi connectivity index (χ1v) is 10.3. The Labute approximate surface area is 158 Å². The van der Waals surface area contributed by atoms with Gasteiger partial charge in [-0.05, 0) is 49.8 Å². The van der Waals surface area contributed by atoms with Gasteiger partial charge in [0, 0.05) is 12.6 Å². The first-order chi connectivity index (χ1) is 12.8. The number of imidazole rings is 1. The lowest BCUT2D eigenvalue weighted by Crippen LogP contribution is -2.34. The number of likely N-dealkylation sites (N-methyl/N-ethyl adjacent to an activating group) is 1. The second kappa shape index (κ2) is 7.67. The SMILES string of the molecule is CCc1ccc(C(CNS(=O)(=O)c2ccc3[nH]c(=O)[nH]c3c2)N(C)C)cc1. The molecule has 0 saturated carbocycles. The lowest BCUT2D eigenvalue weighted by atomic mass is 10.0. The Morgan fingerprint density at radius 2 is 1.70 bits per heavy atom. The second-order valence-corrected chi connectivity index (χ2v) is 8.48. The molecule has 3 rings (SSSR count). The maximum absolute atomic E-state index is 12.7. The molecule has 0 aliphatic heterocycles. The molecule has 0 fully saturated rings. The highest BCUT2D eigenvalue weighted by molar-refractivity contribution is 7.89. The van der Waals surface area contributed by atoms with Crippen molar-refractivity contribution in [1.29, 1.82) is 0 Å². The molecule has 0 aliphatic rings. The minimum atomic E-state index is -3.70. The summed E-state index contributed by atoms with van der Waals surface area (Å²) < 4.78 is 28.1. The fourth-order valence-electron chi connectivity index (χ4n) is 3.02. The van der Waals surface area contributed by atoms with Gasteiger partial charge in [-0.25, -0.2) is 17.9 Å². The number of benzene rings is 2. The molecule has 0 radical (unpaired) electrons. The molecule has 2 aromatic carbocycles. The standard InChI is InChI=1S/C19H24N4O3S/c1-4-13-5-7-14(8-6-13)18(23(2)3)12-20-27(25,26)15-9-10-16-17(11-15)22-19(24)21-16/h5-11,18,20H,4,12H2,1-3H3,(H2,21,22,24). The molecule has 3 aromatic rings. The molecular formula is C19H24N4O3S. The summed E-state index contributed by atoms with van der Waals surface area (Å²) in [6.07, 6.45) is 0.962. The van der Waals surface area contributed by atoms with Crippen LogP contribution in [-0.2, 0) is 16.4 Å². The molecule has 1 unspecified atom stereocenters. The number of nitrogens with zero attached hydrogens (tertiary/aromatic N) is 1. The van der Waals surface area contributed by atoms with E-state index in [1.807, 2.05) is 31.1 Å². The largest absolute Gasteiger partial charge is 0.323 e. The van der Waals surface area contributed by atoms with Crippen molar-refractivity contribution in [1.82, 2.24) is 19.6 Å². The molecule has 1 heterocycles. The van der Waals surface area contributed by atoms with E-state index in [1.54, 1.807) is 6.07 Å².